The summed E-state index contributed by atoms with van der Waals surface area (Å²) >= 11 is 2.70. The van der Waals surface area contributed by atoms with Crippen molar-refractivity contribution in [1.29, 1.82) is 0 Å². The van der Waals surface area contributed by atoms with Gasteiger partial charge in [-0.05, 0) is 0 Å². The Balaban J connectivity index is 3.46. The Bertz CT molecular complexity index is 305. The topological polar surface area (TPSA) is 34.9 Å². The summed E-state index contributed by atoms with van der Waals surface area (Å²) < 4.78 is 2.09. The van der Waals surface area contributed by atoms with Crippen LogP contribution in [0.1, 0.15) is 5.69 Å². The van der Waals surface area contributed by atoms with Crippen LogP contribution < -0.4 is 10.3 Å². The van der Waals surface area contributed by atoms with Crippen LogP contribution in [0.4, 0.5) is 0 Å². The third-order valence-corrected chi connectivity index (χ3v) is 1.99. The van der Waals surface area contributed by atoms with Gasteiger partial charge in [-0.25, -0.2) is 0 Å². The molecule has 1 aromatic rings. The molecule has 1 aromatic heterocycles. The van der Waals surface area contributed by atoms with Crippen LogP contribution in [0.3, 0.4) is 0 Å². The molecule has 0 aliphatic carbocycles. The molecule has 3 nitrogen and oxygen atoms in total. The van der Waals surface area contributed by atoms with E-state index in [0.717, 1.165) is 5.69 Å². The third-order valence-electron chi connectivity index (χ3n) is 1.22. The monoisotopic (exact) mass is 203 g/mol. The van der Waals surface area contributed by atoms with Gasteiger partial charge in [-0.15, -0.1) is 0 Å². The summed E-state index contributed by atoms with van der Waals surface area (Å²) in [4.78, 5) is 15.0. The molecule has 1 rings (SSSR count). The van der Waals surface area contributed by atoms with E-state index >= 15 is 0 Å². The molecule has 53 valence electrons. The molecule has 0 spiro atoms. The van der Waals surface area contributed by atoms with Gasteiger partial charge in [0.1, 0.15) is 0 Å². The summed E-state index contributed by atoms with van der Waals surface area (Å²) in [5, 5.41) is 0. The molecule has 0 aliphatic rings. The number of aromatic nitrogens is 2. The van der Waals surface area contributed by atoms with Gasteiger partial charge in [0.05, 0.1) is 0 Å². The zero-order valence-electron chi connectivity index (χ0n) is 5.79. The van der Waals surface area contributed by atoms with Gasteiger partial charge in [0.2, 0.25) is 0 Å². The van der Waals surface area contributed by atoms with Gasteiger partial charge in [-0.3, -0.25) is 0 Å². The second-order valence-corrected chi connectivity index (χ2v) is 2.84. The van der Waals surface area contributed by atoms with E-state index in [-0.39, 0.29) is 5.56 Å². The van der Waals surface area contributed by atoms with Crippen molar-refractivity contribution in [2.45, 2.75) is 6.92 Å². The van der Waals surface area contributed by atoms with Crippen molar-refractivity contribution in [2.24, 2.45) is 7.05 Å². The summed E-state index contributed by atoms with van der Waals surface area (Å²) in [6.45, 7) is 1.79. The summed E-state index contributed by atoms with van der Waals surface area (Å²) in [5.74, 6) is 0. The standard InChI is InChI=1S/C6H7N2OSe/c1-4-3-5(9)8(2)6(10)7-4/h3H,1-2H3. The molecule has 0 bridgehead atoms. The first-order chi connectivity index (χ1) is 4.61. The van der Waals surface area contributed by atoms with E-state index in [2.05, 4.69) is 21.0 Å². The molecule has 0 atom stereocenters. The average molecular weight is 202 g/mol. The number of hydrogen-bond donors (Lipinski definition) is 0. The van der Waals surface area contributed by atoms with Crippen molar-refractivity contribution in [2.75, 3.05) is 0 Å². The Morgan fingerprint density at radius 3 is 2.80 bits per heavy atom. The normalized spacial score (nSPS) is 9.80. The number of rotatable bonds is 0. The number of aryl methyl sites for hydroxylation is 1. The number of nitrogens with zero attached hydrogens (tertiary/aromatic N) is 2. The fourth-order valence-corrected chi connectivity index (χ4v) is 1.12. The minimum atomic E-state index is -0.0266. The third kappa shape index (κ3) is 1.28. The molecule has 0 aromatic carbocycles. The predicted octanol–water partition coefficient (Wildman–Crippen LogP) is -1.12. The average Bonchev–Trinajstić information content (AvgIpc) is 1.82. The Kier molecular flexibility index (Phi) is 1.92. The van der Waals surface area contributed by atoms with E-state index in [1.54, 1.807) is 14.0 Å². The van der Waals surface area contributed by atoms with E-state index in [0.29, 0.717) is 4.72 Å². The van der Waals surface area contributed by atoms with Crippen molar-refractivity contribution in [3.05, 3.63) is 22.1 Å². The first-order valence-electron chi connectivity index (χ1n) is 2.83. The van der Waals surface area contributed by atoms with E-state index < -0.39 is 0 Å². The second-order valence-electron chi connectivity index (χ2n) is 2.08. The van der Waals surface area contributed by atoms with E-state index in [1.807, 2.05) is 0 Å². The molecule has 10 heavy (non-hydrogen) atoms. The van der Waals surface area contributed by atoms with Gasteiger partial charge in [0.15, 0.2) is 0 Å². The van der Waals surface area contributed by atoms with E-state index in [1.165, 1.54) is 10.6 Å². The Morgan fingerprint density at radius 1 is 1.70 bits per heavy atom. The van der Waals surface area contributed by atoms with E-state index in [9.17, 15) is 4.79 Å². The van der Waals surface area contributed by atoms with Crippen molar-refractivity contribution >= 4 is 20.7 Å². The van der Waals surface area contributed by atoms with Crippen LogP contribution in [0.5, 0.6) is 0 Å². The zero-order valence-corrected chi connectivity index (χ0v) is 7.50. The molecule has 1 heterocycles. The van der Waals surface area contributed by atoms with Crippen LogP contribution in [0.15, 0.2) is 10.9 Å². The first-order valence-corrected chi connectivity index (χ1v) is 3.68. The molecule has 0 amide bonds. The molecule has 0 unspecified atom stereocenters. The summed E-state index contributed by atoms with van der Waals surface area (Å²) in [6, 6.07) is 1.50. The molecular weight excluding hydrogens is 195 g/mol. The maximum atomic E-state index is 11.0. The Hall–Kier alpha value is -0.601. The second kappa shape index (κ2) is 2.56. The van der Waals surface area contributed by atoms with Gasteiger partial charge < -0.3 is 0 Å². The Morgan fingerprint density at radius 2 is 2.30 bits per heavy atom. The minimum absolute atomic E-state index is 0.0266. The van der Waals surface area contributed by atoms with Crippen molar-refractivity contribution in [3.8, 4) is 0 Å². The van der Waals surface area contributed by atoms with Gasteiger partial charge in [-0.2, -0.15) is 0 Å². The van der Waals surface area contributed by atoms with Crippen LogP contribution in [0.2, 0.25) is 0 Å². The fraction of sp³-hybridized carbons (Fsp3) is 0.333. The van der Waals surface area contributed by atoms with Gasteiger partial charge in [0.25, 0.3) is 0 Å². The predicted molar refractivity (Wildman–Crippen MR) is 39.6 cm³/mol. The molecule has 0 saturated heterocycles. The van der Waals surface area contributed by atoms with Crippen molar-refractivity contribution in [1.82, 2.24) is 9.55 Å². The van der Waals surface area contributed by atoms with Crippen LogP contribution in [-0.4, -0.2) is 25.6 Å². The summed E-state index contributed by atoms with van der Waals surface area (Å²) in [7, 11) is 1.68. The number of hydrogen-bond acceptors (Lipinski definition) is 2. The molecule has 0 aliphatic heterocycles. The van der Waals surface area contributed by atoms with Crippen LogP contribution in [0.25, 0.3) is 0 Å². The Labute approximate surface area is 66.9 Å². The quantitative estimate of drug-likeness (QED) is 0.499. The van der Waals surface area contributed by atoms with Gasteiger partial charge in [-0.1, -0.05) is 0 Å². The molecule has 0 fully saturated rings. The van der Waals surface area contributed by atoms with Crippen LogP contribution in [-0.2, 0) is 7.05 Å². The van der Waals surface area contributed by atoms with Crippen LogP contribution in [0, 0.1) is 6.92 Å². The summed E-state index contributed by atoms with van der Waals surface area (Å²) in [6.07, 6.45) is 0. The summed E-state index contributed by atoms with van der Waals surface area (Å²) in [5.41, 5.74) is 0.720. The molecule has 1 radical (unpaired) electrons. The first kappa shape index (κ1) is 7.51. The van der Waals surface area contributed by atoms with Gasteiger partial charge in [0, 0.05) is 0 Å². The molecule has 0 N–H and O–H groups in total. The van der Waals surface area contributed by atoms with Gasteiger partial charge >= 0.3 is 66.4 Å². The molecular formula is C6H7N2OSe. The molecule has 0 saturated carbocycles. The van der Waals surface area contributed by atoms with Crippen LogP contribution >= 0.6 is 0 Å². The molecule has 4 heteroatoms. The van der Waals surface area contributed by atoms with Crippen molar-refractivity contribution in [3.63, 3.8) is 0 Å². The zero-order chi connectivity index (χ0) is 7.72. The SMILES string of the molecule is Cc1cc(=O)n(C)c([Se])n1. The van der Waals surface area contributed by atoms with E-state index in [4.69, 9.17) is 0 Å². The van der Waals surface area contributed by atoms with Crippen molar-refractivity contribution < 1.29 is 0 Å². The maximum absolute atomic E-state index is 11.0. The fourth-order valence-electron chi connectivity index (χ4n) is 0.628.